The monoisotopic (exact) mass is 486 g/mol. The number of nitrogens with zero attached hydrogens (tertiary/aromatic N) is 3. The highest BCUT2D eigenvalue weighted by molar-refractivity contribution is 7.11. The quantitative estimate of drug-likeness (QED) is 0.317. The van der Waals surface area contributed by atoms with E-state index in [-0.39, 0.29) is 5.82 Å². The summed E-state index contributed by atoms with van der Waals surface area (Å²) in [5.41, 5.74) is 8.23. The van der Waals surface area contributed by atoms with Gasteiger partial charge in [0.05, 0.1) is 35.1 Å². The van der Waals surface area contributed by atoms with Crippen LogP contribution >= 0.6 is 11.3 Å². The average Bonchev–Trinajstić information content (AvgIpc) is 3.23. The van der Waals surface area contributed by atoms with Crippen molar-refractivity contribution in [1.82, 2.24) is 15.1 Å². The van der Waals surface area contributed by atoms with E-state index in [1.807, 2.05) is 0 Å². The fourth-order valence-corrected chi connectivity index (χ4v) is 6.19. The standard InChI is InChI=1S/C28H27FN4OS/c29-25-14-23-19(13-26(25)33-9-8-32-7-1-3-21(32)15-33)12-24-27(30-31-28(23)24)20-11-22(35-17-20)4-2-10-34-16-18-5-6-18/h3,11,13-14,17-18H,1,5-10,12,15-16H2,(H,30,31). The Morgan fingerprint density at radius 1 is 1.17 bits per heavy atom. The molecule has 4 heterocycles. The van der Waals surface area contributed by atoms with Gasteiger partial charge in [-0.15, -0.1) is 11.3 Å². The molecule has 2 fully saturated rings. The minimum atomic E-state index is -0.156. The molecule has 0 bridgehead atoms. The van der Waals surface area contributed by atoms with Crippen LogP contribution in [0.5, 0.6) is 0 Å². The Kier molecular flexibility index (Phi) is 5.18. The lowest BCUT2D eigenvalue weighted by Crippen LogP contribution is -2.43. The van der Waals surface area contributed by atoms with Gasteiger partial charge in [-0.2, -0.15) is 5.10 Å². The number of piperazine rings is 1. The number of aromatic amines is 1. The van der Waals surface area contributed by atoms with E-state index < -0.39 is 0 Å². The molecule has 5 nitrogen and oxygen atoms in total. The second-order valence-electron chi connectivity index (χ2n) is 9.92. The number of anilines is 1. The Morgan fingerprint density at radius 3 is 3.00 bits per heavy atom. The van der Waals surface area contributed by atoms with Gasteiger partial charge in [0.1, 0.15) is 12.4 Å². The number of ether oxygens (including phenoxy) is 1. The summed E-state index contributed by atoms with van der Waals surface area (Å²) < 4.78 is 20.9. The molecule has 2 aliphatic heterocycles. The van der Waals surface area contributed by atoms with E-state index >= 15 is 4.39 Å². The Bertz CT molecular complexity index is 1390. The van der Waals surface area contributed by atoms with E-state index in [9.17, 15) is 0 Å². The number of nitrogens with one attached hydrogen (secondary N) is 1. The SMILES string of the molecule is Fc1cc2c(cc1N1CCN3CCC=C3C1)Cc1c(-c3csc(C#CCOCC4CC4)c3)n[nH]c1-2. The molecule has 1 N–H and O–H groups in total. The molecule has 4 aliphatic rings. The summed E-state index contributed by atoms with van der Waals surface area (Å²) in [6, 6.07) is 5.85. The van der Waals surface area contributed by atoms with Crippen LogP contribution in [0.4, 0.5) is 10.1 Å². The molecule has 0 atom stereocenters. The van der Waals surface area contributed by atoms with Gasteiger partial charge in [-0.25, -0.2) is 4.39 Å². The second-order valence-corrected chi connectivity index (χ2v) is 10.8. The topological polar surface area (TPSA) is 44.4 Å². The van der Waals surface area contributed by atoms with Crippen LogP contribution in [0.25, 0.3) is 22.5 Å². The van der Waals surface area contributed by atoms with E-state index in [2.05, 4.69) is 55.4 Å². The van der Waals surface area contributed by atoms with Crippen molar-refractivity contribution >= 4 is 17.0 Å². The molecule has 178 valence electrons. The van der Waals surface area contributed by atoms with E-state index in [0.29, 0.717) is 12.3 Å². The maximum Gasteiger partial charge on any atom is 0.147 e. The molecule has 35 heavy (non-hydrogen) atoms. The minimum Gasteiger partial charge on any atom is -0.372 e. The smallest absolute Gasteiger partial charge is 0.147 e. The number of aromatic nitrogens is 2. The fraction of sp³-hybridized carbons (Fsp3) is 0.393. The van der Waals surface area contributed by atoms with Gasteiger partial charge < -0.3 is 14.5 Å². The first-order chi connectivity index (χ1) is 17.2. The molecular formula is C28H27FN4OS. The van der Waals surface area contributed by atoms with Crippen LogP contribution in [0.15, 0.2) is 35.4 Å². The second kappa shape index (κ2) is 8.54. The van der Waals surface area contributed by atoms with Crippen molar-refractivity contribution in [1.29, 1.82) is 0 Å². The van der Waals surface area contributed by atoms with Crippen molar-refractivity contribution in [3.8, 4) is 34.4 Å². The van der Waals surface area contributed by atoms with Gasteiger partial charge in [-0.3, -0.25) is 5.10 Å². The van der Waals surface area contributed by atoms with Gasteiger partial charge in [-0.05, 0) is 48.9 Å². The van der Waals surface area contributed by atoms with Gasteiger partial charge in [-0.1, -0.05) is 17.9 Å². The Labute approximate surface area is 208 Å². The van der Waals surface area contributed by atoms with Gasteiger partial charge >= 0.3 is 0 Å². The van der Waals surface area contributed by atoms with Crippen LogP contribution in [0.1, 0.15) is 35.3 Å². The number of fused-ring (bicyclic) bond motifs is 4. The van der Waals surface area contributed by atoms with Crippen molar-refractivity contribution in [2.45, 2.75) is 25.7 Å². The molecule has 0 radical (unpaired) electrons. The van der Waals surface area contributed by atoms with Crippen LogP contribution in [0.2, 0.25) is 0 Å². The Morgan fingerprint density at radius 2 is 2.09 bits per heavy atom. The zero-order chi connectivity index (χ0) is 23.4. The first-order valence-electron chi connectivity index (χ1n) is 12.5. The van der Waals surface area contributed by atoms with Crippen molar-refractivity contribution in [3.05, 3.63) is 57.2 Å². The normalized spacial score (nSPS) is 18.1. The summed E-state index contributed by atoms with van der Waals surface area (Å²) in [6.45, 7) is 5.03. The highest BCUT2D eigenvalue weighted by Crippen LogP contribution is 2.43. The predicted octanol–water partition coefficient (Wildman–Crippen LogP) is 5.04. The van der Waals surface area contributed by atoms with Crippen molar-refractivity contribution in [3.63, 3.8) is 0 Å². The highest BCUT2D eigenvalue weighted by Gasteiger charge is 2.30. The first-order valence-corrected chi connectivity index (χ1v) is 13.4. The molecule has 2 aromatic heterocycles. The average molecular weight is 487 g/mol. The van der Waals surface area contributed by atoms with Crippen LogP contribution < -0.4 is 4.90 Å². The van der Waals surface area contributed by atoms with Gasteiger partial charge in [0.2, 0.25) is 0 Å². The Balaban J connectivity index is 1.10. The third-order valence-electron chi connectivity index (χ3n) is 7.50. The summed E-state index contributed by atoms with van der Waals surface area (Å²) in [4.78, 5) is 5.62. The van der Waals surface area contributed by atoms with E-state index in [1.54, 1.807) is 17.4 Å². The van der Waals surface area contributed by atoms with Crippen LogP contribution in [-0.4, -0.2) is 54.5 Å². The zero-order valence-corrected chi connectivity index (χ0v) is 20.4. The zero-order valence-electron chi connectivity index (χ0n) is 19.6. The van der Waals surface area contributed by atoms with Crippen molar-refractivity contribution in [2.24, 2.45) is 5.92 Å². The molecule has 1 saturated heterocycles. The maximum absolute atomic E-state index is 15.3. The third-order valence-corrected chi connectivity index (χ3v) is 8.35. The maximum atomic E-state index is 15.3. The molecule has 7 heteroatoms. The lowest BCUT2D eigenvalue weighted by molar-refractivity contribution is 0.156. The number of halogens is 1. The lowest BCUT2D eigenvalue weighted by Gasteiger charge is -2.37. The number of thiophene rings is 1. The fourth-order valence-electron chi connectivity index (χ4n) is 5.43. The molecule has 0 amide bonds. The number of hydrogen-bond donors (Lipinski definition) is 1. The predicted molar refractivity (Wildman–Crippen MR) is 137 cm³/mol. The summed E-state index contributed by atoms with van der Waals surface area (Å²) in [6.07, 6.45) is 6.75. The number of H-pyrrole nitrogens is 1. The largest absolute Gasteiger partial charge is 0.372 e. The summed E-state index contributed by atoms with van der Waals surface area (Å²) in [5.74, 6) is 6.94. The van der Waals surface area contributed by atoms with Gasteiger partial charge in [0, 0.05) is 53.8 Å². The highest BCUT2D eigenvalue weighted by atomic mass is 32.1. The van der Waals surface area contributed by atoms with Crippen LogP contribution in [0.3, 0.4) is 0 Å². The van der Waals surface area contributed by atoms with Gasteiger partial charge in [0.15, 0.2) is 0 Å². The number of hydrogen-bond acceptors (Lipinski definition) is 5. The summed E-state index contributed by atoms with van der Waals surface area (Å²) in [7, 11) is 0. The minimum absolute atomic E-state index is 0.156. The first kappa shape index (κ1) is 21.2. The van der Waals surface area contributed by atoms with Crippen molar-refractivity contribution in [2.75, 3.05) is 44.3 Å². The van der Waals surface area contributed by atoms with E-state index in [0.717, 1.165) is 90.1 Å². The lowest BCUT2D eigenvalue weighted by atomic mass is 10.1. The molecule has 1 aromatic carbocycles. The number of rotatable bonds is 5. The van der Waals surface area contributed by atoms with Crippen molar-refractivity contribution < 1.29 is 9.13 Å². The number of benzene rings is 1. The summed E-state index contributed by atoms with van der Waals surface area (Å²) >= 11 is 1.63. The third kappa shape index (κ3) is 3.95. The molecule has 7 rings (SSSR count). The van der Waals surface area contributed by atoms with E-state index in [1.165, 1.54) is 18.5 Å². The molecule has 1 saturated carbocycles. The van der Waals surface area contributed by atoms with Crippen LogP contribution in [-0.2, 0) is 11.2 Å². The summed E-state index contributed by atoms with van der Waals surface area (Å²) in [5, 5.41) is 9.89. The van der Waals surface area contributed by atoms with E-state index in [4.69, 9.17) is 4.74 Å². The molecular weight excluding hydrogens is 459 g/mol. The molecule has 3 aromatic rings. The van der Waals surface area contributed by atoms with Crippen LogP contribution in [0, 0.1) is 23.6 Å². The molecule has 0 unspecified atom stereocenters. The molecule has 0 spiro atoms. The van der Waals surface area contributed by atoms with Gasteiger partial charge in [0.25, 0.3) is 0 Å². The Hall–Kier alpha value is -3.08. The molecule has 2 aliphatic carbocycles.